The van der Waals surface area contributed by atoms with Crippen molar-refractivity contribution < 1.29 is 28.8 Å². The lowest BCUT2D eigenvalue weighted by Gasteiger charge is -2.28. The average Bonchev–Trinajstić information content (AvgIpc) is 3.47. The Balaban J connectivity index is 1.34. The van der Waals surface area contributed by atoms with Crippen molar-refractivity contribution in [1.82, 2.24) is 19.7 Å². The number of carbonyl (C=O) groups is 1. The van der Waals surface area contributed by atoms with E-state index in [2.05, 4.69) is 4.90 Å². The number of aliphatic hydroxyl groups excluding tert-OH is 1. The van der Waals surface area contributed by atoms with Crippen LogP contribution in [0.25, 0.3) is 22.3 Å². The Kier molecular flexibility index (Phi) is 9.81. The zero-order valence-electron chi connectivity index (χ0n) is 27.2. The SMILES string of the molecule is COc1ccc(Cn2nc(C(O)CN3CCOCC3)c3ccc(-c4cc(CC(=O)c5cc(OC)cc(OC)c5)ccc4C)nc32)cc1. The van der Waals surface area contributed by atoms with Gasteiger partial charge in [0.25, 0.3) is 0 Å². The molecule has 3 aromatic carbocycles. The number of benzene rings is 3. The second-order valence-electron chi connectivity index (χ2n) is 11.7. The highest BCUT2D eigenvalue weighted by Gasteiger charge is 2.23. The number of morpholine rings is 1. The van der Waals surface area contributed by atoms with Crippen LogP contribution in [-0.2, 0) is 17.7 Å². The molecular formula is C37H40N4O6. The van der Waals surface area contributed by atoms with E-state index < -0.39 is 6.10 Å². The molecule has 0 amide bonds. The summed E-state index contributed by atoms with van der Waals surface area (Å²) in [5, 5.41) is 17.1. The molecule has 2 aromatic heterocycles. The average molecular weight is 637 g/mol. The maximum atomic E-state index is 13.3. The molecule has 0 bridgehead atoms. The van der Waals surface area contributed by atoms with Crippen LogP contribution in [-0.4, -0.2) is 84.7 Å². The van der Waals surface area contributed by atoms with Crippen molar-refractivity contribution in [3.63, 3.8) is 0 Å². The van der Waals surface area contributed by atoms with E-state index in [0.29, 0.717) is 54.7 Å². The zero-order valence-corrected chi connectivity index (χ0v) is 27.2. The minimum absolute atomic E-state index is 0.0446. The van der Waals surface area contributed by atoms with Gasteiger partial charge in [0.1, 0.15) is 29.0 Å². The molecule has 1 saturated heterocycles. The summed E-state index contributed by atoms with van der Waals surface area (Å²) in [7, 11) is 4.78. The van der Waals surface area contributed by atoms with Gasteiger partial charge in [-0.25, -0.2) is 9.67 Å². The quantitative estimate of drug-likeness (QED) is 0.183. The number of rotatable bonds is 12. The van der Waals surface area contributed by atoms with E-state index in [4.69, 9.17) is 29.0 Å². The van der Waals surface area contributed by atoms with Crippen LogP contribution in [0.5, 0.6) is 17.2 Å². The minimum atomic E-state index is -0.785. The van der Waals surface area contributed by atoms with Crippen molar-refractivity contribution in [2.75, 3.05) is 54.2 Å². The lowest BCUT2D eigenvalue weighted by molar-refractivity contribution is 0.0137. The molecule has 6 rings (SSSR count). The first-order valence-corrected chi connectivity index (χ1v) is 15.7. The normalized spacial score (nSPS) is 14.2. The first kappa shape index (κ1) is 32.2. The monoisotopic (exact) mass is 636 g/mol. The summed E-state index contributed by atoms with van der Waals surface area (Å²) >= 11 is 0. The zero-order chi connectivity index (χ0) is 32.9. The number of hydrogen-bond donors (Lipinski definition) is 1. The minimum Gasteiger partial charge on any atom is -0.497 e. The van der Waals surface area contributed by atoms with Gasteiger partial charge in [-0.3, -0.25) is 9.69 Å². The Labute approximate surface area is 274 Å². The number of carbonyl (C=O) groups excluding carboxylic acids is 1. The number of methoxy groups -OCH3 is 3. The van der Waals surface area contributed by atoms with Crippen molar-refractivity contribution in [1.29, 1.82) is 0 Å². The summed E-state index contributed by atoms with van der Waals surface area (Å²) in [5.74, 6) is 1.86. The number of hydrogen-bond acceptors (Lipinski definition) is 9. The van der Waals surface area contributed by atoms with Crippen molar-refractivity contribution >= 4 is 16.8 Å². The first-order chi connectivity index (χ1) is 22.8. The molecule has 3 heterocycles. The predicted octanol–water partition coefficient (Wildman–Crippen LogP) is 5.27. The van der Waals surface area contributed by atoms with Gasteiger partial charge in [0.05, 0.1) is 46.8 Å². The molecule has 10 heteroatoms. The van der Waals surface area contributed by atoms with E-state index in [1.54, 1.807) is 39.5 Å². The summed E-state index contributed by atoms with van der Waals surface area (Å²) in [5.41, 5.74) is 6.42. The largest absolute Gasteiger partial charge is 0.497 e. The molecule has 47 heavy (non-hydrogen) atoms. The molecule has 1 N–H and O–H groups in total. The van der Waals surface area contributed by atoms with E-state index in [1.165, 1.54) is 0 Å². The Morgan fingerprint density at radius 1 is 0.872 bits per heavy atom. The van der Waals surface area contributed by atoms with Crippen LogP contribution in [0.4, 0.5) is 0 Å². The topological polar surface area (TPSA) is 108 Å². The van der Waals surface area contributed by atoms with Gasteiger partial charge in [0, 0.05) is 48.6 Å². The second-order valence-corrected chi connectivity index (χ2v) is 11.7. The van der Waals surface area contributed by atoms with Crippen molar-refractivity contribution in [2.24, 2.45) is 0 Å². The lowest BCUT2D eigenvalue weighted by Crippen LogP contribution is -2.38. The van der Waals surface area contributed by atoms with Gasteiger partial charge in [0.15, 0.2) is 11.4 Å². The fourth-order valence-electron chi connectivity index (χ4n) is 5.91. The van der Waals surface area contributed by atoms with Crippen LogP contribution in [0, 0.1) is 6.92 Å². The van der Waals surface area contributed by atoms with E-state index in [9.17, 15) is 9.90 Å². The van der Waals surface area contributed by atoms with Crippen LogP contribution < -0.4 is 14.2 Å². The van der Waals surface area contributed by atoms with Crippen molar-refractivity contribution in [3.05, 3.63) is 101 Å². The molecule has 5 aromatic rings. The van der Waals surface area contributed by atoms with Gasteiger partial charge in [-0.2, -0.15) is 5.10 Å². The number of ether oxygens (including phenoxy) is 4. The number of fused-ring (bicyclic) bond motifs is 1. The van der Waals surface area contributed by atoms with Crippen molar-refractivity contribution in [2.45, 2.75) is 26.0 Å². The standard InChI is InChI=1S/C37H40N4O6/c1-24-5-6-26(18-34(42)27-19-29(45-3)21-30(20-27)46-4)17-32(24)33-12-11-31-36(35(43)23-40-13-15-47-16-14-40)39-41(37(31)38-33)22-25-7-9-28(44-2)10-8-25/h5-12,17,19-21,35,43H,13-16,18,22-23H2,1-4H3. The molecule has 1 atom stereocenters. The highest BCUT2D eigenvalue weighted by atomic mass is 16.5. The maximum Gasteiger partial charge on any atom is 0.167 e. The molecule has 10 nitrogen and oxygen atoms in total. The van der Waals surface area contributed by atoms with E-state index in [0.717, 1.165) is 52.2 Å². The lowest BCUT2D eigenvalue weighted by atomic mass is 9.97. The molecule has 0 spiro atoms. The number of aliphatic hydroxyl groups is 1. The highest BCUT2D eigenvalue weighted by molar-refractivity contribution is 5.98. The van der Waals surface area contributed by atoms with Gasteiger partial charge in [-0.05, 0) is 66.1 Å². The van der Waals surface area contributed by atoms with E-state index >= 15 is 0 Å². The van der Waals surface area contributed by atoms with Gasteiger partial charge >= 0.3 is 0 Å². The van der Waals surface area contributed by atoms with Crippen LogP contribution in [0.2, 0.25) is 0 Å². The van der Waals surface area contributed by atoms with Gasteiger partial charge in [0.2, 0.25) is 0 Å². The number of β-amino-alcohol motifs (C(OH)–C–C–N with tert-alkyl or cyclic N) is 1. The molecule has 0 radical (unpaired) electrons. The predicted molar refractivity (Wildman–Crippen MR) is 180 cm³/mol. The molecule has 0 saturated carbocycles. The van der Waals surface area contributed by atoms with Crippen LogP contribution >= 0.6 is 0 Å². The first-order valence-electron chi connectivity index (χ1n) is 15.7. The number of nitrogens with zero attached hydrogens (tertiary/aromatic N) is 4. The number of pyridine rings is 1. The summed E-state index contributed by atoms with van der Waals surface area (Å²) in [6.07, 6.45) is -0.578. The van der Waals surface area contributed by atoms with E-state index in [1.807, 2.05) is 66.2 Å². The summed E-state index contributed by atoms with van der Waals surface area (Å²) in [6, 6.07) is 23.0. The third-order valence-electron chi connectivity index (χ3n) is 8.58. The molecule has 1 unspecified atom stereocenters. The van der Waals surface area contributed by atoms with Crippen LogP contribution in [0.3, 0.4) is 0 Å². The van der Waals surface area contributed by atoms with E-state index in [-0.39, 0.29) is 12.2 Å². The van der Waals surface area contributed by atoms with Crippen molar-refractivity contribution in [3.8, 4) is 28.5 Å². The third-order valence-corrected chi connectivity index (χ3v) is 8.58. The van der Waals surface area contributed by atoms with Crippen LogP contribution in [0.15, 0.2) is 72.8 Å². The summed E-state index contributed by atoms with van der Waals surface area (Å²) in [6.45, 7) is 5.82. The molecule has 244 valence electrons. The maximum absolute atomic E-state index is 13.3. The molecule has 1 fully saturated rings. The number of aryl methyl sites for hydroxylation is 1. The Bertz CT molecular complexity index is 1840. The fourth-order valence-corrected chi connectivity index (χ4v) is 5.91. The molecule has 1 aliphatic heterocycles. The van der Waals surface area contributed by atoms with Gasteiger partial charge in [-0.1, -0.05) is 24.3 Å². The highest BCUT2D eigenvalue weighted by Crippen LogP contribution is 2.31. The smallest absolute Gasteiger partial charge is 0.167 e. The second kappa shape index (κ2) is 14.3. The van der Waals surface area contributed by atoms with Crippen LogP contribution in [0.1, 0.15) is 38.8 Å². The molecule has 1 aliphatic rings. The Hall–Kier alpha value is -4.77. The van der Waals surface area contributed by atoms with Gasteiger partial charge < -0.3 is 24.1 Å². The summed E-state index contributed by atoms with van der Waals surface area (Å²) < 4.78 is 23.4. The summed E-state index contributed by atoms with van der Waals surface area (Å²) in [4.78, 5) is 20.7. The number of ketones is 1. The Morgan fingerprint density at radius 3 is 2.23 bits per heavy atom. The molecule has 0 aliphatic carbocycles. The molecular weight excluding hydrogens is 596 g/mol. The third kappa shape index (κ3) is 7.30. The number of Topliss-reactive ketones (excluding diaryl/α,β-unsaturated/α-hetero) is 1. The number of aromatic nitrogens is 3. The van der Waals surface area contributed by atoms with Gasteiger partial charge in [-0.15, -0.1) is 0 Å². The Morgan fingerprint density at radius 2 is 1.55 bits per heavy atom. The fraction of sp³-hybridized carbons (Fsp3) is 0.324.